The van der Waals surface area contributed by atoms with E-state index in [4.69, 9.17) is 4.42 Å². The molecule has 0 spiro atoms. The smallest absolute Gasteiger partial charge is 0.227 e. The van der Waals surface area contributed by atoms with Crippen LogP contribution in [0.15, 0.2) is 47.5 Å². The van der Waals surface area contributed by atoms with Gasteiger partial charge in [-0.15, -0.1) is 0 Å². The Balaban J connectivity index is 1.49. The quantitative estimate of drug-likeness (QED) is 0.792. The monoisotopic (exact) mass is 335 g/mol. The maximum atomic E-state index is 11.5. The van der Waals surface area contributed by atoms with Gasteiger partial charge in [-0.2, -0.15) is 0 Å². The fraction of sp³-hybridized carbons (Fsp3) is 0.222. The van der Waals surface area contributed by atoms with Crippen LogP contribution >= 0.6 is 0 Å². The second-order valence-corrected chi connectivity index (χ2v) is 5.92. The summed E-state index contributed by atoms with van der Waals surface area (Å²) in [7, 11) is 0. The Labute approximate surface area is 144 Å². The van der Waals surface area contributed by atoms with E-state index in [-0.39, 0.29) is 5.91 Å². The van der Waals surface area contributed by atoms with Crippen LogP contribution in [0.2, 0.25) is 0 Å². The van der Waals surface area contributed by atoms with Crippen molar-refractivity contribution in [3.8, 4) is 11.3 Å². The number of anilines is 2. The van der Waals surface area contributed by atoms with Crippen LogP contribution in [0.1, 0.15) is 18.2 Å². The minimum atomic E-state index is 0.0831. The van der Waals surface area contributed by atoms with E-state index >= 15 is 0 Å². The Morgan fingerprint density at radius 3 is 2.80 bits per heavy atom. The molecule has 126 valence electrons. The highest BCUT2D eigenvalue weighted by Gasteiger charge is 2.19. The minimum absolute atomic E-state index is 0.0831. The largest absolute Gasteiger partial charge is 0.444 e. The van der Waals surface area contributed by atoms with Gasteiger partial charge in [-0.05, 0) is 24.3 Å². The number of aromatic nitrogens is 3. The molecule has 0 radical (unpaired) electrons. The Hall–Kier alpha value is -3.22. The molecule has 1 N–H and O–H groups in total. The highest BCUT2D eigenvalue weighted by molar-refractivity contribution is 5.73. The third-order valence-electron chi connectivity index (χ3n) is 4.24. The van der Waals surface area contributed by atoms with Gasteiger partial charge in [-0.25, -0.2) is 15.0 Å². The van der Waals surface area contributed by atoms with Gasteiger partial charge in [0.05, 0.1) is 11.9 Å². The molecule has 25 heavy (non-hydrogen) atoms. The number of nitrogens with zero attached hydrogens (tertiary/aromatic N) is 4. The zero-order valence-corrected chi connectivity index (χ0v) is 13.8. The molecule has 2 aromatic heterocycles. The van der Waals surface area contributed by atoms with Crippen LogP contribution in [0.3, 0.4) is 0 Å². The molecule has 1 aliphatic heterocycles. The lowest BCUT2D eigenvalue weighted by Crippen LogP contribution is -2.34. The standard InChI is InChI=1S/C18H17N5O2/c1-12(24)23-7-6-16-14(10-23)8-20-18(22-16)21-15-4-2-13(3-5-15)17-9-19-11-25-17/h2-5,8-9,11H,6-7,10H2,1H3,(H,20,21,22). The number of benzene rings is 1. The van der Waals surface area contributed by atoms with E-state index in [1.54, 1.807) is 24.2 Å². The van der Waals surface area contributed by atoms with Crippen LogP contribution in [0.5, 0.6) is 0 Å². The number of hydrogen-bond acceptors (Lipinski definition) is 6. The maximum absolute atomic E-state index is 11.5. The van der Waals surface area contributed by atoms with Crippen molar-refractivity contribution in [3.05, 3.63) is 54.3 Å². The Kier molecular flexibility index (Phi) is 3.89. The summed E-state index contributed by atoms with van der Waals surface area (Å²) in [6.07, 6.45) is 5.63. The van der Waals surface area contributed by atoms with Gasteiger partial charge < -0.3 is 14.6 Å². The molecule has 0 bridgehead atoms. The SMILES string of the molecule is CC(=O)N1CCc2nc(Nc3ccc(-c4cnco4)cc3)ncc2C1. The molecule has 0 saturated carbocycles. The molecule has 1 aromatic carbocycles. The zero-order valence-electron chi connectivity index (χ0n) is 13.8. The van der Waals surface area contributed by atoms with Crippen LogP contribution in [0, 0.1) is 0 Å². The summed E-state index contributed by atoms with van der Waals surface area (Å²) < 4.78 is 5.28. The van der Waals surface area contributed by atoms with Crippen molar-refractivity contribution in [1.29, 1.82) is 0 Å². The maximum Gasteiger partial charge on any atom is 0.227 e. The average molecular weight is 335 g/mol. The molecule has 0 saturated heterocycles. The van der Waals surface area contributed by atoms with Crippen molar-refractivity contribution < 1.29 is 9.21 Å². The second-order valence-electron chi connectivity index (χ2n) is 5.92. The number of amides is 1. The van der Waals surface area contributed by atoms with E-state index in [0.717, 1.165) is 34.7 Å². The third-order valence-corrected chi connectivity index (χ3v) is 4.24. The first-order valence-corrected chi connectivity index (χ1v) is 8.05. The van der Waals surface area contributed by atoms with Gasteiger partial charge in [0.1, 0.15) is 0 Å². The molecule has 4 rings (SSSR count). The number of fused-ring (bicyclic) bond motifs is 1. The van der Waals surface area contributed by atoms with Crippen LogP contribution in [-0.2, 0) is 17.8 Å². The van der Waals surface area contributed by atoms with E-state index in [2.05, 4.69) is 20.3 Å². The molecule has 7 nitrogen and oxygen atoms in total. The van der Waals surface area contributed by atoms with Gasteiger partial charge in [0, 0.05) is 49.4 Å². The zero-order chi connectivity index (χ0) is 17.2. The van der Waals surface area contributed by atoms with Gasteiger partial charge >= 0.3 is 0 Å². The molecule has 0 fully saturated rings. The fourth-order valence-electron chi connectivity index (χ4n) is 2.85. The lowest BCUT2D eigenvalue weighted by atomic mass is 10.1. The third kappa shape index (κ3) is 3.21. The van der Waals surface area contributed by atoms with Crippen molar-refractivity contribution in [2.24, 2.45) is 0 Å². The first-order chi connectivity index (χ1) is 12.2. The normalized spacial score (nSPS) is 13.4. The lowest BCUT2D eigenvalue weighted by Gasteiger charge is -2.27. The first-order valence-electron chi connectivity index (χ1n) is 8.05. The summed E-state index contributed by atoms with van der Waals surface area (Å²) >= 11 is 0. The fourth-order valence-corrected chi connectivity index (χ4v) is 2.85. The van der Waals surface area contributed by atoms with Crippen molar-refractivity contribution >= 4 is 17.5 Å². The molecule has 0 unspecified atom stereocenters. The highest BCUT2D eigenvalue weighted by atomic mass is 16.3. The van der Waals surface area contributed by atoms with E-state index in [9.17, 15) is 4.79 Å². The summed E-state index contributed by atoms with van der Waals surface area (Å²) in [4.78, 5) is 26.2. The molecule has 3 aromatic rings. The second kappa shape index (κ2) is 6.35. The van der Waals surface area contributed by atoms with Crippen LogP contribution in [-0.4, -0.2) is 32.3 Å². The number of oxazole rings is 1. The number of rotatable bonds is 3. The summed E-state index contributed by atoms with van der Waals surface area (Å²) in [5.41, 5.74) is 3.85. The molecule has 1 amide bonds. The van der Waals surface area contributed by atoms with Gasteiger partial charge in [0.15, 0.2) is 12.2 Å². The highest BCUT2D eigenvalue weighted by Crippen LogP contribution is 2.23. The van der Waals surface area contributed by atoms with Crippen LogP contribution < -0.4 is 5.32 Å². The molecule has 0 aliphatic carbocycles. The molecular formula is C18H17N5O2. The number of nitrogens with one attached hydrogen (secondary N) is 1. The Morgan fingerprint density at radius 1 is 1.24 bits per heavy atom. The molecule has 3 heterocycles. The summed E-state index contributed by atoms with van der Waals surface area (Å²) in [6.45, 7) is 2.87. The predicted molar refractivity (Wildman–Crippen MR) is 92.0 cm³/mol. The summed E-state index contributed by atoms with van der Waals surface area (Å²) in [5, 5.41) is 3.21. The molecule has 7 heteroatoms. The van der Waals surface area contributed by atoms with E-state index in [1.165, 1.54) is 6.39 Å². The summed E-state index contributed by atoms with van der Waals surface area (Å²) in [6, 6.07) is 7.79. The van der Waals surface area contributed by atoms with Crippen LogP contribution in [0.4, 0.5) is 11.6 Å². The molecular weight excluding hydrogens is 318 g/mol. The van der Waals surface area contributed by atoms with Gasteiger partial charge in [-0.3, -0.25) is 4.79 Å². The number of carbonyl (C=O) groups excluding carboxylic acids is 1. The van der Waals surface area contributed by atoms with E-state index in [0.29, 0.717) is 19.0 Å². The predicted octanol–water partition coefficient (Wildman–Crippen LogP) is 2.78. The van der Waals surface area contributed by atoms with Crippen LogP contribution in [0.25, 0.3) is 11.3 Å². The summed E-state index contributed by atoms with van der Waals surface area (Å²) in [5.74, 6) is 1.37. The van der Waals surface area contributed by atoms with Gasteiger partial charge in [-0.1, -0.05) is 0 Å². The molecule has 0 atom stereocenters. The Bertz CT molecular complexity index is 890. The minimum Gasteiger partial charge on any atom is -0.444 e. The first kappa shape index (κ1) is 15.3. The number of carbonyl (C=O) groups is 1. The Morgan fingerprint density at radius 2 is 2.08 bits per heavy atom. The topological polar surface area (TPSA) is 84.2 Å². The van der Waals surface area contributed by atoms with Gasteiger partial charge in [0.25, 0.3) is 0 Å². The van der Waals surface area contributed by atoms with Crippen molar-refractivity contribution in [1.82, 2.24) is 19.9 Å². The average Bonchev–Trinajstić information content (AvgIpc) is 3.16. The van der Waals surface area contributed by atoms with E-state index in [1.807, 2.05) is 24.3 Å². The number of hydrogen-bond donors (Lipinski definition) is 1. The van der Waals surface area contributed by atoms with E-state index < -0.39 is 0 Å². The van der Waals surface area contributed by atoms with Crippen molar-refractivity contribution in [3.63, 3.8) is 0 Å². The molecule has 1 aliphatic rings. The van der Waals surface area contributed by atoms with Crippen molar-refractivity contribution in [2.75, 3.05) is 11.9 Å². The van der Waals surface area contributed by atoms with Gasteiger partial charge in [0.2, 0.25) is 11.9 Å². The van der Waals surface area contributed by atoms with Crippen molar-refractivity contribution in [2.45, 2.75) is 19.9 Å². The lowest BCUT2D eigenvalue weighted by molar-refractivity contribution is -0.129.